The van der Waals surface area contributed by atoms with Gasteiger partial charge in [-0.1, -0.05) is 17.8 Å². The second-order valence-electron chi connectivity index (χ2n) is 4.41. The van der Waals surface area contributed by atoms with Crippen molar-refractivity contribution in [1.82, 2.24) is 5.32 Å². The highest BCUT2D eigenvalue weighted by atomic mass is 32.1. The number of nitrogens with zero attached hydrogens (tertiary/aromatic N) is 1. The molecule has 1 aliphatic rings. The van der Waals surface area contributed by atoms with E-state index >= 15 is 0 Å². The van der Waals surface area contributed by atoms with Crippen molar-refractivity contribution in [2.75, 3.05) is 0 Å². The minimum Gasteiger partial charge on any atom is -0.310 e. The first-order chi connectivity index (χ1) is 7.66. The third-order valence-corrected chi connectivity index (χ3v) is 4.23. The van der Waals surface area contributed by atoms with Crippen molar-refractivity contribution >= 4 is 16.3 Å². The first kappa shape index (κ1) is 11.5. The molecule has 0 bridgehead atoms. The van der Waals surface area contributed by atoms with E-state index in [1.165, 1.54) is 30.6 Å². The van der Waals surface area contributed by atoms with E-state index < -0.39 is 0 Å². The molecule has 88 valence electrons. The lowest BCUT2D eigenvalue weighted by atomic mass is 9.80. The molecule has 1 atom stereocenters. The SMILES string of the molecule is CC(NCc1csc([N+](=O)[O-])c1)C1CCC1. The first-order valence-corrected chi connectivity index (χ1v) is 6.50. The van der Waals surface area contributed by atoms with E-state index in [0.717, 1.165) is 18.0 Å². The van der Waals surface area contributed by atoms with Gasteiger partial charge >= 0.3 is 5.00 Å². The Morgan fingerprint density at radius 2 is 2.44 bits per heavy atom. The molecule has 0 spiro atoms. The molecular formula is C11H16N2O2S. The van der Waals surface area contributed by atoms with Gasteiger partial charge in [-0.15, -0.1) is 0 Å². The van der Waals surface area contributed by atoms with E-state index in [-0.39, 0.29) is 9.92 Å². The maximum absolute atomic E-state index is 10.5. The maximum atomic E-state index is 10.5. The zero-order valence-corrected chi connectivity index (χ0v) is 10.1. The van der Waals surface area contributed by atoms with Gasteiger partial charge in [-0.25, -0.2) is 0 Å². The Morgan fingerprint density at radius 3 is 2.94 bits per heavy atom. The highest BCUT2D eigenvalue weighted by Crippen LogP contribution is 2.29. The van der Waals surface area contributed by atoms with Crippen molar-refractivity contribution in [3.05, 3.63) is 27.1 Å². The van der Waals surface area contributed by atoms with Gasteiger partial charge in [0.15, 0.2) is 0 Å². The molecule has 1 aromatic rings. The smallest absolute Gasteiger partial charge is 0.310 e. The van der Waals surface area contributed by atoms with Crippen molar-refractivity contribution in [3.63, 3.8) is 0 Å². The second-order valence-corrected chi connectivity index (χ2v) is 5.30. The molecule has 1 aliphatic carbocycles. The van der Waals surface area contributed by atoms with Gasteiger partial charge in [-0.2, -0.15) is 0 Å². The van der Waals surface area contributed by atoms with Gasteiger partial charge in [0.1, 0.15) is 0 Å². The average Bonchev–Trinajstić information content (AvgIpc) is 2.60. The summed E-state index contributed by atoms with van der Waals surface area (Å²) in [4.78, 5) is 10.2. The quantitative estimate of drug-likeness (QED) is 0.636. The molecule has 2 rings (SSSR count). The summed E-state index contributed by atoms with van der Waals surface area (Å²) in [5, 5.41) is 16.0. The fourth-order valence-corrected chi connectivity index (χ4v) is 2.67. The molecule has 0 aliphatic heterocycles. The lowest BCUT2D eigenvalue weighted by Crippen LogP contribution is -2.36. The molecule has 5 heteroatoms. The Bertz CT molecular complexity index is 374. The molecule has 1 fully saturated rings. The molecule has 0 amide bonds. The van der Waals surface area contributed by atoms with Gasteiger partial charge in [0.2, 0.25) is 0 Å². The molecule has 0 radical (unpaired) electrons. The third kappa shape index (κ3) is 2.59. The number of hydrogen-bond acceptors (Lipinski definition) is 4. The van der Waals surface area contributed by atoms with Gasteiger partial charge < -0.3 is 5.32 Å². The molecule has 1 unspecified atom stereocenters. The van der Waals surface area contributed by atoms with Crippen LogP contribution in [0.1, 0.15) is 31.7 Å². The van der Waals surface area contributed by atoms with Crippen LogP contribution in [-0.4, -0.2) is 11.0 Å². The average molecular weight is 240 g/mol. The first-order valence-electron chi connectivity index (χ1n) is 5.62. The summed E-state index contributed by atoms with van der Waals surface area (Å²) in [6.45, 7) is 2.94. The molecular weight excluding hydrogens is 224 g/mol. The molecule has 1 heterocycles. The van der Waals surface area contributed by atoms with Crippen molar-refractivity contribution < 1.29 is 4.92 Å². The van der Waals surface area contributed by atoms with Crippen molar-refractivity contribution in [2.45, 2.75) is 38.8 Å². The molecule has 0 aromatic carbocycles. The van der Waals surface area contributed by atoms with Crippen molar-refractivity contribution in [3.8, 4) is 0 Å². The fraction of sp³-hybridized carbons (Fsp3) is 0.636. The summed E-state index contributed by atoms with van der Waals surface area (Å²) < 4.78 is 0. The van der Waals surface area contributed by atoms with Crippen LogP contribution in [0.4, 0.5) is 5.00 Å². The van der Waals surface area contributed by atoms with E-state index in [4.69, 9.17) is 0 Å². The molecule has 4 nitrogen and oxygen atoms in total. The molecule has 1 aromatic heterocycles. The monoisotopic (exact) mass is 240 g/mol. The third-order valence-electron chi connectivity index (χ3n) is 3.30. The molecule has 0 saturated heterocycles. The van der Waals surface area contributed by atoms with Crippen LogP contribution in [-0.2, 0) is 6.54 Å². The van der Waals surface area contributed by atoms with Gasteiger partial charge in [0.05, 0.1) is 4.92 Å². The van der Waals surface area contributed by atoms with Crippen LogP contribution < -0.4 is 5.32 Å². The Kier molecular flexibility index (Phi) is 3.56. The zero-order valence-electron chi connectivity index (χ0n) is 9.31. The second kappa shape index (κ2) is 4.93. The molecule has 1 N–H and O–H groups in total. The Labute approximate surface area is 98.8 Å². The predicted octanol–water partition coefficient (Wildman–Crippen LogP) is 2.93. The normalized spacial score (nSPS) is 18.1. The summed E-state index contributed by atoms with van der Waals surface area (Å²) >= 11 is 1.20. The van der Waals surface area contributed by atoms with Crippen molar-refractivity contribution in [2.24, 2.45) is 5.92 Å². The summed E-state index contributed by atoms with van der Waals surface area (Å²) in [6.07, 6.45) is 3.98. The van der Waals surface area contributed by atoms with Gasteiger partial charge in [0, 0.05) is 24.0 Å². The Hall–Kier alpha value is -0.940. The van der Waals surface area contributed by atoms with Gasteiger partial charge in [-0.05, 0) is 31.2 Å². The Morgan fingerprint density at radius 1 is 1.69 bits per heavy atom. The Balaban J connectivity index is 1.81. The van der Waals surface area contributed by atoms with Crippen LogP contribution in [0, 0.1) is 16.0 Å². The lowest BCUT2D eigenvalue weighted by molar-refractivity contribution is -0.380. The minimum atomic E-state index is -0.330. The predicted molar refractivity (Wildman–Crippen MR) is 64.6 cm³/mol. The van der Waals surface area contributed by atoms with Gasteiger partial charge in [0.25, 0.3) is 0 Å². The topological polar surface area (TPSA) is 55.2 Å². The standard InChI is InChI=1S/C11H16N2O2S/c1-8(10-3-2-4-10)12-6-9-5-11(13(14)15)16-7-9/h5,7-8,10,12H,2-4,6H2,1H3. The van der Waals surface area contributed by atoms with Crippen LogP contribution in [0.3, 0.4) is 0 Å². The number of hydrogen-bond donors (Lipinski definition) is 1. The van der Waals surface area contributed by atoms with E-state index in [2.05, 4.69) is 12.2 Å². The highest BCUT2D eigenvalue weighted by Gasteiger charge is 2.23. The lowest BCUT2D eigenvalue weighted by Gasteiger charge is -2.32. The number of nitro groups is 1. The van der Waals surface area contributed by atoms with E-state index in [9.17, 15) is 10.1 Å². The van der Waals surface area contributed by atoms with E-state index in [1.807, 2.05) is 5.38 Å². The fourth-order valence-electron chi connectivity index (χ4n) is 1.94. The van der Waals surface area contributed by atoms with Crippen LogP contribution in [0.15, 0.2) is 11.4 Å². The van der Waals surface area contributed by atoms with E-state index in [0.29, 0.717) is 6.04 Å². The summed E-state index contributed by atoms with van der Waals surface area (Å²) in [7, 11) is 0. The molecule has 1 saturated carbocycles. The largest absolute Gasteiger partial charge is 0.324 e. The number of thiophene rings is 1. The summed E-state index contributed by atoms with van der Waals surface area (Å²) in [5.74, 6) is 0.800. The molecule has 16 heavy (non-hydrogen) atoms. The maximum Gasteiger partial charge on any atom is 0.324 e. The highest BCUT2D eigenvalue weighted by molar-refractivity contribution is 7.13. The number of rotatable bonds is 5. The van der Waals surface area contributed by atoms with Crippen LogP contribution in [0.25, 0.3) is 0 Å². The van der Waals surface area contributed by atoms with Crippen LogP contribution in [0.2, 0.25) is 0 Å². The minimum absolute atomic E-state index is 0.230. The summed E-state index contributed by atoms with van der Waals surface area (Å²) in [6, 6.07) is 2.18. The zero-order chi connectivity index (χ0) is 11.5. The number of nitrogens with one attached hydrogen (secondary N) is 1. The van der Waals surface area contributed by atoms with Crippen LogP contribution >= 0.6 is 11.3 Å². The van der Waals surface area contributed by atoms with Crippen molar-refractivity contribution in [1.29, 1.82) is 0 Å². The summed E-state index contributed by atoms with van der Waals surface area (Å²) in [5.41, 5.74) is 1.02. The van der Waals surface area contributed by atoms with E-state index in [1.54, 1.807) is 6.07 Å². The van der Waals surface area contributed by atoms with Gasteiger partial charge in [-0.3, -0.25) is 10.1 Å². The van der Waals surface area contributed by atoms with Crippen LogP contribution in [0.5, 0.6) is 0 Å².